The minimum atomic E-state index is 0.315. The van der Waals surface area contributed by atoms with Crippen LogP contribution >= 0.6 is 0 Å². The highest BCUT2D eigenvalue weighted by Crippen LogP contribution is 2.18. The highest BCUT2D eigenvalue weighted by molar-refractivity contribution is 5.20. The molecule has 1 aliphatic heterocycles. The van der Waals surface area contributed by atoms with Gasteiger partial charge in [0.2, 0.25) is 0 Å². The van der Waals surface area contributed by atoms with Crippen molar-refractivity contribution in [1.82, 2.24) is 4.90 Å². The van der Waals surface area contributed by atoms with Gasteiger partial charge in [0.1, 0.15) is 12.4 Å². The lowest BCUT2D eigenvalue weighted by Gasteiger charge is -2.40. The van der Waals surface area contributed by atoms with Crippen molar-refractivity contribution in [3.05, 3.63) is 30.3 Å². The molecule has 0 radical (unpaired) electrons. The van der Waals surface area contributed by atoms with E-state index in [0.29, 0.717) is 18.2 Å². The molecule has 1 fully saturated rings. The average molecular weight is 277 g/mol. The van der Waals surface area contributed by atoms with Crippen LogP contribution in [0.5, 0.6) is 5.75 Å². The largest absolute Gasteiger partial charge is 0.492 e. The van der Waals surface area contributed by atoms with Crippen LogP contribution in [-0.4, -0.2) is 42.8 Å². The molecule has 3 atom stereocenters. The first-order valence-corrected chi connectivity index (χ1v) is 7.76. The molecule has 0 aromatic heterocycles. The van der Waals surface area contributed by atoms with Gasteiger partial charge in [-0.25, -0.2) is 0 Å². The van der Waals surface area contributed by atoms with E-state index in [9.17, 15) is 0 Å². The van der Waals surface area contributed by atoms with Gasteiger partial charge < -0.3 is 9.47 Å². The molecule has 20 heavy (non-hydrogen) atoms. The van der Waals surface area contributed by atoms with E-state index in [0.717, 1.165) is 25.4 Å². The van der Waals surface area contributed by atoms with Crippen LogP contribution in [0, 0.1) is 0 Å². The van der Waals surface area contributed by atoms with Gasteiger partial charge in [0, 0.05) is 19.1 Å². The first kappa shape index (κ1) is 15.3. The third-order valence-corrected chi connectivity index (χ3v) is 3.77. The molecule has 2 rings (SSSR count). The fourth-order valence-electron chi connectivity index (χ4n) is 2.93. The second kappa shape index (κ2) is 7.65. The van der Waals surface area contributed by atoms with Crippen molar-refractivity contribution < 1.29 is 9.47 Å². The van der Waals surface area contributed by atoms with Crippen LogP contribution in [0.3, 0.4) is 0 Å². The molecular weight excluding hydrogens is 250 g/mol. The van der Waals surface area contributed by atoms with Crippen LogP contribution in [0.15, 0.2) is 30.3 Å². The standard InChI is InChI=1S/C17H27NO2/c1-4-8-16(13-19-17-9-6-5-7-10-17)18-11-14(2)20-15(3)12-18/h5-7,9-10,14-16H,4,8,11-13H2,1-3H3. The molecule has 1 heterocycles. The van der Waals surface area contributed by atoms with Crippen molar-refractivity contribution in [3.63, 3.8) is 0 Å². The molecule has 3 nitrogen and oxygen atoms in total. The van der Waals surface area contributed by atoms with Crippen LogP contribution in [0.4, 0.5) is 0 Å². The summed E-state index contributed by atoms with van der Waals surface area (Å²) in [6.07, 6.45) is 2.99. The summed E-state index contributed by atoms with van der Waals surface area (Å²) in [5, 5.41) is 0. The lowest BCUT2D eigenvalue weighted by atomic mass is 10.1. The third-order valence-electron chi connectivity index (χ3n) is 3.77. The van der Waals surface area contributed by atoms with Crippen molar-refractivity contribution in [2.24, 2.45) is 0 Å². The summed E-state index contributed by atoms with van der Waals surface area (Å²) in [5.74, 6) is 0.961. The molecule has 0 saturated carbocycles. The van der Waals surface area contributed by atoms with Crippen molar-refractivity contribution in [3.8, 4) is 5.75 Å². The summed E-state index contributed by atoms with van der Waals surface area (Å²) in [7, 11) is 0. The van der Waals surface area contributed by atoms with Gasteiger partial charge in [0.05, 0.1) is 12.2 Å². The molecule has 3 unspecified atom stereocenters. The van der Waals surface area contributed by atoms with Crippen molar-refractivity contribution in [2.45, 2.75) is 51.9 Å². The summed E-state index contributed by atoms with van der Waals surface area (Å²) in [5.41, 5.74) is 0. The molecule has 0 bridgehead atoms. The Kier molecular flexibility index (Phi) is 5.86. The van der Waals surface area contributed by atoms with E-state index in [4.69, 9.17) is 9.47 Å². The first-order chi connectivity index (χ1) is 9.69. The molecule has 0 spiro atoms. The van der Waals surface area contributed by atoms with E-state index < -0.39 is 0 Å². The summed E-state index contributed by atoms with van der Waals surface area (Å²) < 4.78 is 11.8. The zero-order chi connectivity index (χ0) is 14.4. The van der Waals surface area contributed by atoms with Crippen LogP contribution < -0.4 is 4.74 Å². The van der Waals surface area contributed by atoms with Gasteiger partial charge in [-0.2, -0.15) is 0 Å². The smallest absolute Gasteiger partial charge is 0.119 e. The molecular formula is C17H27NO2. The van der Waals surface area contributed by atoms with Gasteiger partial charge in [0.15, 0.2) is 0 Å². The van der Waals surface area contributed by atoms with Gasteiger partial charge in [-0.15, -0.1) is 0 Å². The first-order valence-electron chi connectivity index (χ1n) is 7.76. The molecule has 112 valence electrons. The van der Waals surface area contributed by atoms with Gasteiger partial charge in [-0.05, 0) is 32.4 Å². The number of morpholine rings is 1. The maximum Gasteiger partial charge on any atom is 0.119 e. The number of benzene rings is 1. The average Bonchev–Trinajstić information content (AvgIpc) is 2.43. The zero-order valence-corrected chi connectivity index (χ0v) is 12.9. The Bertz CT molecular complexity index is 372. The Balaban J connectivity index is 1.92. The van der Waals surface area contributed by atoms with E-state index in [2.05, 4.69) is 25.7 Å². The number of ether oxygens (including phenoxy) is 2. The van der Waals surface area contributed by atoms with E-state index in [1.807, 2.05) is 30.3 Å². The van der Waals surface area contributed by atoms with Gasteiger partial charge >= 0.3 is 0 Å². The number of rotatable bonds is 6. The SMILES string of the molecule is CCCC(COc1ccccc1)N1CC(C)OC(C)C1. The summed E-state index contributed by atoms with van der Waals surface area (Å²) in [6.45, 7) is 9.33. The van der Waals surface area contributed by atoms with Crippen molar-refractivity contribution in [2.75, 3.05) is 19.7 Å². The summed E-state index contributed by atoms with van der Waals surface area (Å²) in [6, 6.07) is 10.6. The number of hydrogen-bond acceptors (Lipinski definition) is 3. The molecule has 1 aromatic rings. The maximum atomic E-state index is 5.96. The fourth-order valence-corrected chi connectivity index (χ4v) is 2.93. The maximum absolute atomic E-state index is 5.96. The highest BCUT2D eigenvalue weighted by atomic mass is 16.5. The Hall–Kier alpha value is -1.06. The Morgan fingerprint density at radius 3 is 2.45 bits per heavy atom. The lowest BCUT2D eigenvalue weighted by Crippen LogP contribution is -2.51. The normalized spacial score (nSPS) is 25.4. The second-order valence-electron chi connectivity index (χ2n) is 5.78. The van der Waals surface area contributed by atoms with E-state index in [-0.39, 0.29) is 0 Å². The molecule has 0 N–H and O–H groups in total. The molecule has 1 aliphatic rings. The van der Waals surface area contributed by atoms with Gasteiger partial charge in [-0.1, -0.05) is 31.5 Å². The minimum absolute atomic E-state index is 0.315. The lowest BCUT2D eigenvalue weighted by molar-refractivity contribution is -0.0854. The van der Waals surface area contributed by atoms with Crippen LogP contribution in [0.1, 0.15) is 33.6 Å². The molecule has 1 saturated heterocycles. The Morgan fingerprint density at radius 2 is 1.85 bits per heavy atom. The van der Waals surface area contributed by atoms with Crippen molar-refractivity contribution >= 4 is 0 Å². The zero-order valence-electron chi connectivity index (χ0n) is 12.9. The fraction of sp³-hybridized carbons (Fsp3) is 0.647. The van der Waals surface area contributed by atoms with Crippen LogP contribution in [0.2, 0.25) is 0 Å². The van der Waals surface area contributed by atoms with Crippen LogP contribution in [0.25, 0.3) is 0 Å². The van der Waals surface area contributed by atoms with Crippen molar-refractivity contribution in [1.29, 1.82) is 0 Å². The second-order valence-corrected chi connectivity index (χ2v) is 5.78. The third kappa shape index (κ3) is 4.50. The Labute approximate surface area is 122 Å². The minimum Gasteiger partial charge on any atom is -0.492 e. The van der Waals surface area contributed by atoms with E-state index in [1.165, 1.54) is 12.8 Å². The molecule has 3 heteroatoms. The molecule has 0 aliphatic carbocycles. The molecule has 1 aromatic carbocycles. The van der Waals surface area contributed by atoms with Gasteiger partial charge in [-0.3, -0.25) is 4.90 Å². The van der Waals surface area contributed by atoms with E-state index >= 15 is 0 Å². The predicted molar refractivity (Wildman–Crippen MR) is 82.2 cm³/mol. The highest BCUT2D eigenvalue weighted by Gasteiger charge is 2.27. The quantitative estimate of drug-likeness (QED) is 0.796. The monoisotopic (exact) mass is 277 g/mol. The van der Waals surface area contributed by atoms with Gasteiger partial charge in [0.25, 0.3) is 0 Å². The topological polar surface area (TPSA) is 21.7 Å². The van der Waals surface area contributed by atoms with E-state index in [1.54, 1.807) is 0 Å². The number of hydrogen-bond donors (Lipinski definition) is 0. The summed E-state index contributed by atoms with van der Waals surface area (Å²) in [4.78, 5) is 2.53. The molecule has 0 amide bonds. The number of nitrogens with zero attached hydrogens (tertiary/aromatic N) is 1. The summed E-state index contributed by atoms with van der Waals surface area (Å²) >= 11 is 0. The predicted octanol–water partition coefficient (Wildman–Crippen LogP) is 3.34. The number of para-hydroxylation sites is 1. The Morgan fingerprint density at radius 1 is 1.20 bits per heavy atom. The van der Waals surface area contributed by atoms with Crippen LogP contribution in [-0.2, 0) is 4.74 Å².